The fraction of sp³-hybridized carbons (Fsp3) is 0.0556. The molecule has 0 saturated carbocycles. The summed E-state index contributed by atoms with van der Waals surface area (Å²) < 4.78 is 8.82. The second-order valence-electron chi connectivity index (χ2n) is 5.50. The molecule has 9 heteroatoms. The second-order valence-corrected chi connectivity index (χ2v) is 8.50. The number of halogens is 3. The fourth-order valence-electron chi connectivity index (χ4n) is 2.72. The van der Waals surface area contributed by atoms with E-state index >= 15 is 0 Å². The molecular weight excluding hydrogens is 518 g/mol. The number of rotatable bonds is 3. The third-order valence-electron chi connectivity index (χ3n) is 3.87. The number of fused-ring (bicyclic) bond motifs is 1. The molecule has 0 saturated heterocycles. The SMILES string of the molecule is CSc1ccc(-c2nc3c(Br)cc(Br)cc3c(=O)o2)n1-c1ncccc1Cl. The second kappa shape index (κ2) is 7.43. The molecule has 0 spiro atoms. The van der Waals surface area contributed by atoms with Crippen LogP contribution in [-0.4, -0.2) is 20.8 Å². The van der Waals surface area contributed by atoms with Crippen LogP contribution < -0.4 is 5.63 Å². The van der Waals surface area contributed by atoms with Crippen LogP contribution >= 0.6 is 55.2 Å². The van der Waals surface area contributed by atoms with E-state index in [0.717, 1.165) is 9.50 Å². The van der Waals surface area contributed by atoms with Gasteiger partial charge < -0.3 is 4.42 Å². The highest BCUT2D eigenvalue weighted by molar-refractivity contribution is 9.11. The molecule has 0 unspecified atom stereocenters. The van der Waals surface area contributed by atoms with Crippen LogP contribution in [0.25, 0.3) is 28.3 Å². The Morgan fingerprint density at radius 3 is 2.78 bits per heavy atom. The van der Waals surface area contributed by atoms with E-state index < -0.39 is 5.63 Å². The Hall–Kier alpha value is -1.61. The Balaban J connectivity index is 2.02. The summed E-state index contributed by atoms with van der Waals surface area (Å²) in [5.74, 6) is 0.737. The maximum absolute atomic E-state index is 12.6. The fourth-order valence-corrected chi connectivity index (χ4v) is 4.81. The molecule has 0 aliphatic rings. The van der Waals surface area contributed by atoms with Gasteiger partial charge in [-0.1, -0.05) is 27.5 Å². The minimum absolute atomic E-state index is 0.192. The molecule has 0 amide bonds. The summed E-state index contributed by atoms with van der Waals surface area (Å²) in [6.07, 6.45) is 3.61. The van der Waals surface area contributed by atoms with Crippen LogP contribution in [0.5, 0.6) is 0 Å². The van der Waals surface area contributed by atoms with Crippen molar-refractivity contribution in [2.75, 3.05) is 6.26 Å². The average molecular weight is 528 g/mol. The zero-order chi connectivity index (χ0) is 19.1. The lowest BCUT2D eigenvalue weighted by molar-refractivity contribution is 0.514. The average Bonchev–Trinajstić information content (AvgIpc) is 3.06. The highest BCUT2D eigenvalue weighted by Crippen LogP contribution is 2.33. The Morgan fingerprint density at radius 1 is 1.22 bits per heavy atom. The Kier molecular flexibility index (Phi) is 5.15. The third kappa shape index (κ3) is 3.35. The van der Waals surface area contributed by atoms with Gasteiger partial charge in [-0.3, -0.25) is 4.57 Å². The van der Waals surface area contributed by atoms with Crippen molar-refractivity contribution in [1.82, 2.24) is 14.5 Å². The van der Waals surface area contributed by atoms with Crippen LogP contribution in [0.3, 0.4) is 0 Å². The molecular formula is C18H10Br2ClN3O2S. The highest BCUT2D eigenvalue weighted by Gasteiger charge is 2.19. The standard InChI is InChI=1S/C18H10Br2ClN3O2S/c1-27-14-5-4-13(24(14)16-12(21)3-2-6-22-16)17-23-15-10(18(25)26-17)7-9(19)8-11(15)20/h2-8H,1H3. The zero-order valence-electron chi connectivity index (χ0n) is 13.7. The van der Waals surface area contributed by atoms with E-state index in [9.17, 15) is 4.79 Å². The van der Waals surface area contributed by atoms with Gasteiger partial charge in [0, 0.05) is 15.1 Å². The summed E-state index contributed by atoms with van der Waals surface area (Å²) in [5.41, 5.74) is 0.645. The van der Waals surface area contributed by atoms with Gasteiger partial charge in [0.25, 0.3) is 0 Å². The smallest absolute Gasteiger partial charge is 0.347 e. The lowest BCUT2D eigenvalue weighted by atomic mass is 10.2. The predicted molar refractivity (Wildman–Crippen MR) is 115 cm³/mol. The minimum atomic E-state index is -0.470. The Morgan fingerprint density at radius 2 is 2.04 bits per heavy atom. The molecule has 0 radical (unpaired) electrons. The maximum Gasteiger partial charge on any atom is 0.347 e. The first kappa shape index (κ1) is 18.7. The largest absolute Gasteiger partial charge is 0.401 e. The summed E-state index contributed by atoms with van der Waals surface area (Å²) in [7, 11) is 0. The van der Waals surface area contributed by atoms with Gasteiger partial charge in [-0.2, -0.15) is 0 Å². The van der Waals surface area contributed by atoms with Crippen molar-refractivity contribution < 1.29 is 4.42 Å². The van der Waals surface area contributed by atoms with E-state index in [4.69, 9.17) is 16.0 Å². The molecule has 0 bridgehead atoms. The first-order valence-electron chi connectivity index (χ1n) is 7.66. The molecule has 4 aromatic rings. The normalized spacial score (nSPS) is 11.3. The summed E-state index contributed by atoms with van der Waals surface area (Å²) >= 11 is 14.7. The van der Waals surface area contributed by atoms with E-state index in [0.29, 0.717) is 31.9 Å². The van der Waals surface area contributed by atoms with Crippen LogP contribution in [-0.2, 0) is 0 Å². The molecule has 27 heavy (non-hydrogen) atoms. The summed E-state index contributed by atoms with van der Waals surface area (Å²) in [4.78, 5) is 21.5. The summed E-state index contributed by atoms with van der Waals surface area (Å²) in [6, 6.07) is 10.8. The number of benzene rings is 1. The van der Waals surface area contributed by atoms with Crippen molar-refractivity contribution in [2.45, 2.75) is 5.03 Å². The lowest BCUT2D eigenvalue weighted by Crippen LogP contribution is -2.07. The van der Waals surface area contributed by atoms with Gasteiger partial charge >= 0.3 is 5.63 Å². The Bertz CT molecular complexity index is 1240. The molecule has 3 heterocycles. The Labute approximate surface area is 180 Å². The van der Waals surface area contributed by atoms with Crippen molar-refractivity contribution in [2.24, 2.45) is 0 Å². The van der Waals surface area contributed by atoms with Gasteiger partial charge in [0.2, 0.25) is 5.89 Å². The van der Waals surface area contributed by atoms with Crippen LogP contribution in [0.4, 0.5) is 0 Å². The van der Waals surface area contributed by atoms with Gasteiger partial charge in [0.15, 0.2) is 5.82 Å². The number of hydrogen-bond acceptors (Lipinski definition) is 5. The van der Waals surface area contributed by atoms with Gasteiger partial charge in [-0.05, 0) is 58.6 Å². The van der Waals surface area contributed by atoms with E-state index in [1.807, 2.05) is 29.0 Å². The molecule has 0 N–H and O–H groups in total. The summed E-state index contributed by atoms with van der Waals surface area (Å²) in [6.45, 7) is 0. The lowest BCUT2D eigenvalue weighted by Gasteiger charge is -2.12. The third-order valence-corrected chi connectivity index (χ3v) is 5.97. The zero-order valence-corrected chi connectivity index (χ0v) is 18.5. The molecule has 3 aromatic heterocycles. The number of pyridine rings is 1. The van der Waals surface area contributed by atoms with Gasteiger partial charge in [0.1, 0.15) is 5.69 Å². The predicted octanol–water partition coefficient (Wildman–Crippen LogP) is 5.94. The molecule has 4 rings (SSSR count). The topological polar surface area (TPSA) is 60.9 Å². The quantitative estimate of drug-likeness (QED) is 0.309. The van der Waals surface area contributed by atoms with Crippen molar-refractivity contribution >= 4 is 66.1 Å². The van der Waals surface area contributed by atoms with Crippen LogP contribution in [0.2, 0.25) is 5.02 Å². The number of thioether (sulfide) groups is 1. The first-order valence-corrected chi connectivity index (χ1v) is 10.9. The van der Waals surface area contributed by atoms with Crippen LogP contribution in [0.15, 0.2) is 65.8 Å². The van der Waals surface area contributed by atoms with E-state index in [2.05, 4.69) is 41.8 Å². The monoisotopic (exact) mass is 525 g/mol. The van der Waals surface area contributed by atoms with E-state index in [1.165, 1.54) is 11.8 Å². The molecule has 0 aliphatic carbocycles. The van der Waals surface area contributed by atoms with Crippen molar-refractivity contribution in [3.63, 3.8) is 0 Å². The molecule has 136 valence electrons. The van der Waals surface area contributed by atoms with E-state index in [1.54, 1.807) is 24.4 Å². The maximum atomic E-state index is 12.6. The van der Waals surface area contributed by atoms with Gasteiger partial charge in [-0.25, -0.2) is 14.8 Å². The van der Waals surface area contributed by atoms with Crippen LogP contribution in [0, 0.1) is 0 Å². The number of aromatic nitrogens is 3. The molecule has 5 nitrogen and oxygen atoms in total. The molecule has 0 aliphatic heterocycles. The van der Waals surface area contributed by atoms with Crippen molar-refractivity contribution in [3.8, 4) is 17.4 Å². The highest BCUT2D eigenvalue weighted by atomic mass is 79.9. The minimum Gasteiger partial charge on any atom is -0.401 e. The van der Waals surface area contributed by atoms with Crippen LogP contribution in [0.1, 0.15) is 0 Å². The molecule has 1 aromatic carbocycles. The molecule has 0 fully saturated rings. The van der Waals surface area contributed by atoms with Crippen molar-refractivity contribution in [3.05, 3.63) is 67.0 Å². The molecule has 0 atom stereocenters. The summed E-state index contributed by atoms with van der Waals surface area (Å²) in [5, 5.41) is 1.77. The van der Waals surface area contributed by atoms with E-state index in [-0.39, 0.29) is 5.89 Å². The van der Waals surface area contributed by atoms with Gasteiger partial charge in [-0.15, -0.1) is 11.8 Å². The number of nitrogens with zero attached hydrogens (tertiary/aromatic N) is 3. The van der Waals surface area contributed by atoms with Crippen molar-refractivity contribution in [1.29, 1.82) is 0 Å². The number of hydrogen-bond donors (Lipinski definition) is 0. The first-order chi connectivity index (χ1) is 13.0. The van der Waals surface area contributed by atoms with Gasteiger partial charge in [0.05, 0.1) is 21.0 Å².